The van der Waals surface area contributed by atoms with Gasteiger partial charge in [0.25, 0.3) is 0 Å². The molecule has 2 N–H and O–H groups in total. The molecular formula is C12H18N2O. The van der Waals surface area contributed by atoms with Gasteiger partial charge in [-0.25, -0.2) is 0 Å². The van der Waals surface area contributed by atoms with Crippen LogP contribution < -0.4 is 10.5 Å². The van der Waals surface area contributed by atoms with Gasteiger partial charge in [0, 0.05) is 6.42 Å². The highest BCUT2D eigenvalue weighted by Crippen LogP contribution is 2.13. The summed E-state index contributed by atoms with van der Waals surface area (Å²) in [5, 5.41) is 0. The van der Waals surface area contributed by atoms with Gasteiger partial charge in [0.15, 0.2) is 0 Å². The molecule has 15 heavy (non-hydrogen) atoms. The average molecular weight is 206 g/mol. The Morgan fingerprint density at radius 1 is 1.47 bits per heavy atom. The Hall–Kier alpha value is -1.51. The highest BCUT2D eigenvalue weighted by atomic mass is 16.5. The average Bonchev–Trinajstić information content (AvgIpc) is 2.27. The molecule has 0 atom stereocenters. The van der Waals surface area contributed by atoms with Crippen LogP contribution in [-0.4, -0.2) is 12.9 Å². The zero-order valence-electron chi connectivity index (χ0n) is 9.36. The lowest BCUT2D eigenvalue weighted by Crippen LogP contribution is -2.11. The number of nitrogens with two attached hydrogens (primary N) is 1. The van der Waals surface area contributed by atoms with E-state index >= 15 is 0 Å². The van der Waals surface area contributed by atoms with Gasteiger partial charge in [0.05, 0.1) is 19.5 Å². The molecule has 0 aromatic heterocycles. The Labute approximate surface area is 91.0 Å². The van der Waals surface area contributed by atoms with Crippen molar-refractivity contribution >= 4 is 5.84 Å². The second-order valence-electron chi connectivity index (χ2n) is 3.41. The first kappa shape index (κ1) is 11.6. The van der Waals surface area contributed by atoms with Crippen LogP contribution in [0.4, 0.5) is 0 Å². The lowest BCUT2D eigenvalue weighted by atomic mass is 10.2. The molecule has 0 bridgehead atoms. The number of nitrogens with zero attached hydrogens (tertiary/aromatic N) is 1. The van der Waals surface area contributed by atoms with Crippen molar-refractivity contribution in [3.63, 3.8) is 0 Å². The molecule has 0 unspecified atom stereocenters. The molecule has 0 fully saturated rings. The van der Waals surface area contributed by atoms with Crippen molar-refractivity contribution in [2.75, 3.05) is 7.11 Å². The minimum absolute atomic E-state index is 0.628. The van der Waals surface area contributed by atoms with Gasteiger partial charge in [-0.2, -0.15) is 0 Å². The number of methoxy groups -OCH3 is 1. The van der Waals surface area contributed by atoms with Gasteiger partial charge in [-0.3, -0.25) is 4.99 Å². The van der Waals surface area contributed by atoms with E-state index in [1.807, 2.05) is 24.3 Å². The Morgan fingerprint density at radius 2 is 2.27 bits per heavy atom. The minimum Gasteiger partial charge on any atom is -0.497 e. The Morgan fingerprint density at radius 3 is 2.93 bits per heavy atom. The van der Waals surface area contributed by atoms with Crippen LogP contribution in [0.1, 0.15) is 25.3 Å². The monoisotopic (exact) mass is 206 g/mol. The summed E-state index contributed by atoms with van der Waals surface area (Å²) < 4.78 is 5.13. The quantitative estimate of drug-likeness (QED) is 0.594. The first-order chi connectivity index (χ1) is 7.26. The highest BCUT2D eigenvalue weighted by Gasteiger charge is 1.95. The van der Waals surface area contributed by atoms with Crippen molar-refractivity contribution in [3.8, 4) is 5.75 Å². The van der Waals surface area contributed by atoms with Crippen LogP contribution in [0.25, 0.3) is 0 Å². The number of hydrogen-bond acceptors (Lipinski definition) is 2. The maximum Gasteiger partial charge on any atom is 0.119 e. The van der Waals surface area contributed by atoms with E-state index in [0.717, 1.165) is 30.0 Å². The van der Waals surface area contributed by atoms with Crippen molar-refractivity contribution in [1.82, 2.24) is 0 Å². The van der Waals surface area contributed by atoms with E-state index < -0.39 is 0 Å². The fraction of sp³-hybridized carbons (Fsp3) is 0.417. The molecule has 1 rings (SSSR count). The molecule has 0 aliphatic carbocycles. The number of hydrogen-bond donors (Lipinski definition) is 1. The summed E-state index contributed by atoms with van der Waals surface area (Å²) in [4.78, 5) is 4.30. The maximum absolute atomic E-state index is 5.72. The smallest absolute Gasteiger partial charge is 0.119 e. The molecule has 1 aromatic rings. The molecule has 1 aromatic carbocycles. The molecular weight excluding hydrogens is 188 g/mol. The third kappa shape index (κ3) is 4.02. The fourth-order valence-corrected chi connectivity index (χ4v) is 1.30. The zero-order chi connectivity index (χ0) is 11.1. The van der Waals surface area contributed by atoms with E-state index in [-0.39, 0.29) is 0 Å². The van der Waals surface area contributed by atoms with E-state index in [9.17, 15) is 0 Å². The number of ether oxygens (including phenoxy) is 1. The predicted octanol–water partition coefficient (Wildman–Crippen LogP) is 2.35. The summed E-state index contributed by atoms with van der Waals surface area (Å²) in [6.45, 7) is 2.72. The van der Waals surface area contributed by atoms with Crippen LogP contribution in [-0.2, 0) is 6.54 Å². The van der Waals surface area contributed by atoms with Gasteiger partial charge in [-0.05, 0) is 24.1 Å². The molecule has 0 spiro atoms. The van der Waals surface area contributed by atoms with Crippen LogP contribution in [0.2, 0.25) is 0 Å². The number of benzene rings is 1. The summed E-state index contributed by atoms with van der Waals surface area (Å²) in [7, 11) is 1.66. The molecule has 0 radical (unpaired) electrons. The highest BCUT2D eigenvalue weighted by molar-refractivity contribution is 5.80. The van der Waals surface area contributed by atoms with Crippen LogP contribution in [0.5, 0.6) is 5.75 Å². The Balaban J connectivity index is 2.60. The van der Waals surface area contributed by atoms with Crippen LogP contribution in [0, 0.1) is 0 Å². The fourth-order valence-electron chi connectivity index (χ4n) is 1.30. The molecule has 0 aliphatic heterocycles. The maximum atomic E-state index is 5.72. The topological polar surface area (TPSA) is 47.6 Å². The normalized spacial score (nSPS) is 11.5. The summed E-state index contributed by atoms with van der Waals surface area (Å²) in [5.41, 5.74) is 6.84. The SMILES string of the molecule is CCCC(N)=NCc1cccc(OC)c1. The van der Waals surface area contributed by atoms with Crippen molar-refractivity contribution in [3.05, 3.63) is 29.8 Å². The van der Waals surface area contributed by atoms with Crippen molar-refractivity contribution in [2.45, 2.75) is 26.3 Å². The molecule has 0 saturated carbocycles. The Bertz CT molecular complexity index is 334. The van der Waals surface area contributed by atoms with Gasteiger partial charge in [-0.15, -0.1) is 0 Å². The van der Waals surface area contributed by atoms with Gasteiger partial charge < -0.3 is 10.5 Å². The Kier molecular flexibility index (Phi) is 4.68. The molecule has 0 amide bonds. The lowest BCUT2D eigenvalue weighted by molar-refractivity contribution is 0.414. The standard InChI is InChI=1S/C12H18N2O/c1-3-5-12(13)14-9-10-6-4-7-11(8-10)15-2/h4,6-8H,3,5,9H2,1-2H3,(H2,13,14). The summed E-state index contributed by atoms with van der Waals surface area (Å²) in [6, 6.07) is 7.87. The third-order valence-corrected chi connectivity index (χ3v) is 2.11. The van der Waals surface area contributed by atoms with E-state index in [1.54, 1.807) is 7.11 Å². The first-order valence-corrected chi connectivity index (χ1v) is 5.18. The molecule has 3 nitrogen and oxygen atoms in total. The van der Waals surface area contributed by atoms with Crippen molar-refractivity contribution in [2.24, 2.45) is 10.7 Å². The van der Waals surface area contributed by atoms with Crippen molar-refractivity contribution in [1.29, 1.82) is 0 Å². The van der Waals surface area contributed by atoms with Crippen LogP contribution in [0.15, 0.2) is 29.3 Å². The first-order valence-electron chi connectivity index (χ1n) is 5.18. The minimum atomic E-state index is 0.628. The second kappa shape index (κ2) is 6.06. The lowest BCUT2D eigenvalue weighted by Gasteiger charge is -2.02. The molecule has 82 valence electrons. The number of aliphatic imine (C=N–C) groups is 1. The molecule has 0 heterocycles. The number of rotatable bonds is 5. The molecule has 3 heteroatoms. The van der Waals surface area contributed by atoms with Gasteiger partial charge in [-0.1, -0.05) is 19.1 Å². The van der Waals surface area contributed by atoms with E-state index in [0.29, 0.717) is 6.54 Å². The van der Waals surface area contributed by atoms with Gasteiger partial charge in [0.1, 0.15) is 5.75 Å². The van der Waals surface area contributed by atoms with Crippen LogP contribution >= 0.6 is 0 Å². The van der Waals surface area contributed by atoms with Gasteiger partial charge in [0.2, 0.25) is 0 Å². The predicted molar refractivity (Wildman–Crippen MR) is 63.2 cm³/mol. The molecule has 0 aliphatic rings. The summed E-state index contributed by atoms with van der Waals surface area (Å²) >= 11 is 0. The second-order valence-corrected chi connectivity index (χ2v) is 3.41. The van der Waals surface area contributed by atoms with Crippen LogP contribution in [0.3, 0.4) is 0 Å². The van der Waals surface area contributed by atoms with E-state index in [1.165, 1.54) is 0 Å². The van der Waals surface area contributed by atoms with Crippen molar-refractivity contribution < 1.29 is 4.74 Å². The summed E-state index contributed by atoms with van der Waals surface area (Å²) in [5.74, 6) is 1.58. The number of amidine groups is 1. The molecule has 0 saturated heterocycles. The third-order valence-electron chi connectivity index (χ3n) is 2.11. The van der Waals surface area contributed by atoms with Gasteiger partial charge >= 0.3 is 0 Å². The zero-order valence-corrected chi connectivity index (χ0v) is 9.36. The summed E-state index contributed by atoms with van der Waals surface area (Å²) in [6.07, 6.45) is 1.90. The largest absolute Gasteiger partial charge is 0.497 e. The van der Waals surface area contributed by atoms with E-state index in [2.05, 4.69) is 11.9 Å². The van der Waals surface area contributed by atoms with E-state index in [4.69, 9.17) is 10.5 Å².